The Morgan fingerprint density at radius 3 is 2.82 bits per heavy atom. The Bertz CT molecular complexity index is 808. The predicted molar refractivity (Wildman–Crippen MR) is 90.7 cm³/mol. The number of rotatable bonds is 4. The van der Waals surface area contributed by atoms with Gasteiger partial charge < -0.3 is 4.42 Å². The van der Waals surface area contributed by atoms with Crippen LogP contribution in [0.2, 0.25) is 0 Å². The number of carbonyl (C=O) groups excluding carboxylic acids is 1. The maximum absolute atomic E-state index is 12.4. The van der Waals surface area contributed by atoms with Gasteiger partial charge in [0, 0.05) is 10.3 Å². The monoisotopic (exact) mass is 330 g/mol. The number of aryl methyl sites for hydroxylation is 1. The number of carbonyl (C=O) groups is 1. The van der Waals surface area contributed by atoms with Crippen LogP contribution in [0.1, 0.15) is 16.1 Å². The van der Waals surface area contributed by atoms with E-state index in [9.17, 15) is 4.79 Å². The highest BCUT2D eigenvalue weighted by atomic mass is 32.2. The second-order valence-electron chi connectivity index (χ2n) is 4.60. The van der Waals surface area contributed by atoms with Crippen molar-refractivity contribution in [2.24, 2.45) is 0 Å². The molecule has 0 fully saturated rings. The quantitative estimate of drug-likeness (QED) is 0.705. The number of benzene rings is 1. The van der Waals surface area contributed by atoms with Gasteiger partial charge in [0.25, 0.3) is 5.91 Å². The van der Waals surface area contributed by atoms with Crippen LogP contribution in [0.5, 0.6) is 0 Å². The highest BCUT2D eigenvalue weighted by molar-refractivity contribution is 7.98. The molecule has 22 heavy (non-hydrogen) atoms. The van der Waals surface area contributed by atoms with E-state index in [2.05, 4.69) is 10.3 Å². The van der Waals surface area contributed by atoms with Gasteiger partial charge in [0.05, 0.1) is 5.56 Å². The van der Waals surface area contributed by atoms with Crippen molar-refractivity contribution < 1.29 is 9.21 Å². The molecule has 2 aromatic heterocycles. The van der Waals surface area contributed by atoms with Crippen molar-refractivity contribution in [2.45, 2.75) is 11.8 Å². The molecule has 1 N–H and O–H groups in total. The lowest BCUT2D eigenvalue weighted by Gasteiger charge is -2.06. The number of thiazole rings is 1. The summed E-state index contributed by atoms with van der Waals surface area (Å²) in [4.78, 5) is 17.7. The fourth-order valence-corrected chi connectivity index (χ4v) is 3.30. The van der Waals surface area contributed by atoms with Crippen LogP contribution in [-0.4, -0.2) is 17.1 Å². The second kappa shape index (κ2) is 6.37. The first-order valence-electron chi connectivity index (χ1n) is 6.64. The van der Waals surface area contributed by atoms with E-state index in [-0.39, 0.29) is 5.91 Å². The fraction of sp³-hybridized carbons (Fsp3) is 0.125. The summed E-state index contributed by atoms with van der Waals surface area (Å²) >= 11 is 2.93. The van der Waals surface area contributed by atoms with E-state index in [0.717, 1.165) is 16.3 Å². The molecule has 2 heterocycles. The Morgan fingerprint density at radius 1 is 1.27 bits per heavy atom. The zero-order valence-corrected chi connectivity index (χ0v) is 13.8. The van der Waals surface area contributed by atoms with Crippen LogP contribution in [0, 0.1) is 6.92 Å². The van der Waals surface area contributed by atoms with Crippen LogP contribution in [0.25, 0.3) is 11.5 Å². The number of hydrogen-bond donors (Lipinski definition) is 1. The topological polar surface area (TPSA) is 55.1 Å². The van der Waals surface area contributed by atoms with E-state index < -0.39 is 0 Å². The summed E-state index contributed by atoms with van der Waals surface area (Å²) in [6.07, 6.45) is 1.95. The molecule has 6 heteroatoms. The van der Waals surface area contributed by atoms with Crippen LogP contribution >= 0.6 is 23.1 Å². The Kier molecular flexibility index (Phi) is 4.31. The van der Waals surface area contributed by atoms with Crippen molar-refractivity contribution in [3.8, 4) is 11.5 Å². The van der Waals surface area contributed by atoms with Gasteiger partial charge in [-0.1, -0.05) is 12.1 Å². The molecule has 0 saturated carbocycles. The molecular formula is C16H14N2O2S2. The van der Waals surface area contributed by atoms with Gasteiger partial charge in [-0.2, -0.15) is 0 Å². The first-order valence-corrected chi connectivity index (χ1v) is 8.74. The minimum atomic E-state index is -0.151. The maximum atomic E-state index is 12.4. The molecule has 0 bridgehead atoms. The third kappa shape index (κ3) is 3.08. The molecular weight excluding hydrogens is 316 g/mol. The molecule has 4 nitrogen and oxygen atoms in total. The first kappa shape index (κ1) is 14.9. The van der Waals surface area contributed by atoms with Gasteiger partial charge in [-0.05, 0) is 37.4 Å². The van der Waals surface area contributed by atoms with Gasteiger partial charge in [0.1, 0.15) is 11.5 Å². The molecule has 0 spiro atoms. The molecule has 0 atom stereocenters. The SMILES string of the molecule is CSc1ccccc1C(=O)Nc1nc(-c2ccc(C)o2)cs1. The molecule has 1 aromatic carbocycles. The Hall–Kier alpha value is -2.05. The van der Waals surface area contributed by atoms with Crippen LogP contribution in [0.3, 0.4) is 0 Å². The van der Waals surface area contributed by atoms with Crippen molar-refractivity contribution in [3.63, 3.8) is 0 Å². The smallest absolute Gasteiger partial charge is 0.258 e. The minimum Gasteiger partial charge on any atom is -0.460 e. The number of nitrogens with zero attached hydrogens (tertiary/aromatic N) is 1. The molecule has 0 aliphatic carbocycles. The van der Waals surface area contributed by atoms with E-state index in [1.807, 2.05) is 55.0 Å². The Morgan fingerprint density at radius 2 is 2.09 bits per heavy atom. The highest BCUT2D eigenvalue weighted by Crippen LogP contribution is 2.27. The molecule has 1 amide bonds. The molecule has 0 aliphatic rings. The van der Waals surface area contributed by atoms with E-state index in [1.165, 1.54) is 11.3 Å². The number of amides is 1. The Labute approximate surface area is 136 Å². The van der Waals surface area contributed by atoms with Crippen LogP contribution in [0.4, 0.5) is 5.13 Å². The second-order valence-corrected chi connectivity index (χ2v) is 6.31. The summed E-state index contributed by atoms with van der Waals surface area (Å²) in [6.45, 7) is 1.89. The number of hydrogen-bond acceptors (Lipinski definition) is 5. The maximum Gasteiger partial charge on any atom is 0.258 e. The zero-order chi connectivity index (χ0) is 15.5. The van der Waals surface area contributed by atoms with Gasteiger partial charge in [-0.25, -0.2) is 4.98 Å². The van der Waals surface area contributed by atoms with Crippen molar-refractivity contribution >= 4 is 34.1 Å². The van der Waals surface area contributed by atoms with E-state index in [0.29, 0.717) is 16.5 Å². The molecule has 0 unspecified atom stereocenters. The minimum absolute atomic E-state index is 0.151. The predicted octanol–water partition coefficient (Wildman–Crippen LogP) is 4.69. The highest BCUT2D eigenvalue weighted by Gasteiger charge is 2.14. The van der Waals surface area contributed by atoms with Gasteiger partial charge in [0.2, 0.25) is 0 Å². The van der Waals surface area contributed by atoms with Crippen molar-refractivity contribution in [3.05, 3.63) is 53.1 Å². The summed E-state index contributed by atoms with van der Waals surface area (Å²) in [5.41, 5.74) is 1.38. The van der Waals surface area contributed by atoms with Gasteiger partial charge in [0.15, 0.2) is 10.9 Å². The number of thioether (sulfide) groups is 1. The summed E-state index contributed by atoms with van der Waals surface area (Å²) in [5.74, 6) is 1.39. The third-order valence-electron chi connectivity index (χ3n) is 3.07. The number of nitrogens with one attached hydrogen (secondary N) is 1. The summed E-state index contributed by atoms with van der Waals surface area (Å²) in [7, 11) is 0. The van der Waals surface area contributed by atoms with Crippen molar-refractivity contribution in [1.29, 1.82) is 0 Å². The lowest BCUT2D eigenvalue weighted by Crippen LogP contribution is -2.12. The largest absolute Gasteiger partial charge is 0.460 e. The van der Waals surface area contributed by atoms with Crippen LogP contribution in [0.15, 0.2) is 51.1 Å². The van der Waals surface area contributed by atoms with Crippen molar-refractivity contribution in [2.75, 3.05) is 11.6 Å². The molecule has 3 rings (SSSR count). The summed E-state index contributed by atoms with van der Waals surface area (Å²) < 4.78 is 5.54. The summed E-state index contributed by atoms with van der Waals surface area (Å²) in [6, 6.07) is 11.3. The van der Waals surface area contributed by atoms with Gasteiger partial charge >= 0.3 is 0 Å². The number of anilines is 1. The lowest BCUT2D eigenvalue weighted by molar-refractivity contribution is 0.102. The molecule has 0 radical (unpaired) electrons. The number of aromatic nitrogens is 1. The first-order chi connectivity index (χ1) is 10.7. The standard InChI is InChI=1S/C16H14N2O2S2/c1-10-7-8-13(20-10)12-9-22-16(17-12)18-15(19)11-5-3-4-6-14(11)21-2/h3-9H,1-2H3,(H,17,18,19). The third-order valence-corrected chi connectivity index (χ3v) is 4.62. The zero-order valence-electron chi connectivity index (χ0n) is 12.1. The molecule has 3 aromatic rings. The average molecular weight is 330 g/mol. The van der Waals surface area contributed by atoms with Gasteiger partial charge in [-0.3, -0.25) is 10.1 Å². The Balaban J connectivity index is 1.79. The fourth-order valence-electron chi connectivity index (χ4n) is 2.01. The van der Waals surface area contributed by atoms with Crippen LogP contribution < -0.4 is 5.32 Å². The average Bonchev–Trinajstić information content (AvgIpc) is 3.16. The number of furan rings is 1. The van der Waals surface area contributed by atoms with Crippen molar-refractivity contribution in [1.82, 2.24) is 4.98 Å². The van der Waals surface area contributed by atoms with E-state index in [4.69, 9.17) is 4.42 Å². The van der Waals surface area contributed by atoms with Crippen LogP contribution in [-0.2, 0) is 0 Å². The summed E-state index contributed by atoms with van der Waals surface area (Å²) in [5, 5.41) is 5.27. The molecule has 0 aliphatic heterocycles. The van der Waals surface area contributed by atoms with Gasteiger partial charge in [-0.15, -0.1) is 23.1 Å². The molecule has 0 saturated heterocycles. The van der Waals surface area contributed by atoms with E-state index in [1.54, 1.807) is 11.8 Å². The van der Waals surface area contributed by atoms with E-state index >= 15 is 0 Å². The normalized spacial score (nSPS) is 10.6. The molecule has 112 valence electrons. The lowest BCUT2D eigenvalue weighted by atomic mass is 10.2.